The van der Waals surface area contributed by atoms with Crippen LogP contribution in [0, 0.1) is 6.92 Å². The predicted octanol–water partition coefficient (Wildman–Crippen LogP) is -0.300. The van der Waals surface area contributed by atoms with Gasteiger partial charge >= 0.3 is 0 Å². The van der Waals surface area contributed by atoms with Crippen molar-refractivity contribution in [2.75, 3.05) is 25.1 Å². The van der Waals surface area contributed by atoms with Gasteiger partial charge in [-0.15, -0.1) is 0 Å². The van der Waals surface area contributed by atoms with Gasteiger partial charge in [0, 0.05) is 11.8 Å². The number of hydrogen-bond acceptors (Lipinski definition) is 7. The summed E-state index contributed by atoms with van der Waals surface area (Å²) in [6, 6.07) is 1.68. The maximum atomic E-state index is 9.25. The molecule has 0 aliphatic rings. The lowest BCUT2D eigenvalue weighted by Gasteiger charge is -2.28. The first-order valence-electron chi connectivity index (χ1n) is 6.08. The van der Waals surface area contributed by atoms with Crippen molar-refractivity contribution in [1.82, 2.24) is 9.97 Å². The Balaban J connectivity index is 2.97. The number of aryl methyl sites for hydroxylation is 1. The molecule has 7 nitrogen and oxygen atoms in total. The highest BCUT2D eigenvalue weighted by Crippen LogP contribution is 2.17. The summed E-state index contributed by atoms with van der Waals surface area (Å²) in [4.78, 5) is 8.26. The fourth-order valence-corrected chi connectivity index (χ4v) is 1.40. The van der Waals surface area contributed by atoms with Crippen LogP contribution in [0.4, 0.5) is 5.95 Å². The molecule has 0 aromatic carbocycles. The van der Waals surface area contributed by atoms with Gasteiger partial charge in [-0.2, -0.15) is 4.98 Å². The van der Waals surface area contributed by atoms with Crippen molar-refractivity contribution >= 4 is 5.95 Å². The second kappa shape index (κ2) is 6.65. The third-order valence-corrected chi connectivity index (χ3v) is 2.47. The number of rotatable bonds is 7. The van der Waals surface area contributed by atoms with Gasteiger partial charge in [-0.25, -0.2) is 4.98 Å². The van der Waals surface area contributed by atoms with E-state index in [0.29, 0.717) is 11.6 Å². The highest BCUT2D eigenvalue weighted by Gasteiger charge is 2.29. The van der Waals surface area contributed by atoms with Crippen molar-refractivity contribution in [1.29, 1.82) is 0 Å². The monoisotopic (exact) mass is 271 g/mol. The lowest BCUT2D eigenvalue weighted by atomic mass is 10.0. The van der Waals surface area contributed by atoms with Gasteiger partial charge < -0.3 is 25.4 Å². The topological polar surface area (TPSA) is 108 Å². The molecule has 0 aliphatic carbocycles. The first kappa shape index (κ1) is 15.6. The van der Waals surface area contributed by atoms with Gasteiger partial charge in [0.05, 0.1) is 25.9 Å². The second-order valence-electron chi connectivity index (χ2n) is 4.72. The van der Waals surface area contributed by atoms with Crippen molar-refractivity contribution < 1.29 is 20.1 Å². The van der Waals surface area contributed by atoms with Crippen LogP contribution in [0.1, 0.15) is 19.5 Å². The summed E-state index contributed by atoms with van der Waals surface area (Å²) in [5, 5.41) is 30.5. The Labute approximate surface area is 112 Å². The van der Waals surface area contributed by atoms with E-state index >= 15 is 0 Å². The summed E-state index contributed by atoms with van der Waals surface area (Å²) >= 11 is 0. The van der Waals surface area contributed by atoms with Gasteiger partial charge in [0.25, 0.3) is 0 Å². The molecule has 4 N–H and O–H groups in total. The normalized spacial score (nSPS) is 11.7. The SMILES string of the molecule is Cc1cc(OC(C)C)nc(NC(CO)(CO)CO)n1. The molecule has 1 heterocycles. The molecule has 0 unspecified atom stereocenters. The van der Waals surface area contributed by atoms with Gasteiger partial charge in [0.2, 0.25) is 11.8 Å². The van der Waals surface area contributed by atoms with Crippen LogP contribution in [0.5, 0.6) is 5.88 Å². The number of ether oxygens (including phenoxy) is 1. The highest BCUT2D eigenvalue weighted by atomic mass is 16.5. The van der Waals surface area contributed by atoms with Crippen molar-refractivity contribution in [3.63, 3.8) is 0 Å². The van der Waals surface area contributed by atoms with E-state index < -0.39 is 25.4 Å². The number of nitrogens with one attached hydrogen (secondary N) is 1. The lowest BCUT2D eigenvalue weighted by molar-refractivity contribution is 0.0827. The van der Waals surface area contributed by atoms with E-state index in [1.807, 2.05) is 13.8 Å². The molecule has 19 heavy (non-hydrogen) atoms. The zero-order chi connectivity index (χ0) is 14.5. The largest absolute Gasteiger partial charge is 0.475 e. The summed E-state index contributed by atoms with van der Waals surface area (Å²) in [5.41, 5.74) is -0.584. The molecular formula is C12H21N3O4. The Kier molecular flexibility index (Phi) is 5.46. The Morgan fingerprint density at radius 2 is 1.79 bits per heavy atom. The number of anilines is 1. The van der Waals surface area contributed by atoms with E-state index in [0.717, 1.165) is 0 Å². The maximum absolute atomic E-state index is 9.25. The Morgan fingerprint density at radius 1 is 1.21 bits per heavy atom. The van der Waals surface area contributed by atoms with E-state index in [1.165, 1.54) is 0 Å². The summed E-state index contributed by atoms with van der Waals surface area (Å²) in [5.74, 6) is 0.584. The molecule has 0 saturated heterocycles. The fraction of sp³-hybridized carbons (Fsp3) is 0.667. The van der Waals surface area contributed by atoms with Gasteiger partial charge in [-0.1, -0.05) is 0 Å². The average molecular weight is 271 g/mol. The minimum Gasteiger partial charge on any atom is -0.475 e. The standard InChI is InChI=1S/C12H21N3O4/c1-8(2)19-10-4-9(3)13-11(14-10)15-12(5-16,6-17)7-18/h4,8,16-18H,5-7H2,1-3H3,(H,13,14,15). The molecule has 1 rings (SSSR count). The number of hydrogen-bond donors (Lipinski definition) is 4. The number of aromatic nitrogens is 2. The zero-order valence-corrected chi connectivity index (χ0v) is 11.4. The molecule has 0 bridgehead atoms. The summed E-state index contributed by atoms with van der Waals surface area (Å²) in [6.45, 7) is 4.19. The van der Waals surface area contributed by atoms with Crippen LogP contribution in [-0.2, 0) is 0 Å². The highest BCUT2D eigenvalue weighted by molar-refractivity contribution is 5.34. The van der Waals surface area contributed by atoms with Crippen LogP contribution >= 0.6 is 0 Å². The predicted molar refractivity (Wildman–Crippen MR) is 70.1 cm³/mol. The average Bonchev–Trinajstić information content (AvgIpc) is 2.34. The molecule has 0 spiro atoms. The molecule has 1 aromatic heterocycles. The van der Waals surface area contributed by atoms with Crippen molar-refractivity contribution in [3.8, 4) is 5.88 Å². The van der Waals surface area contributed by atoms with E-state index in [9.17, 15) is 15.3 Å². The number of aliphatic hydroxyl groups excluding tert-OH is 3. The van der Waals surface area contributed by atoms with Gasteiger partial charge in [0.1, 0.15) is 5.54 Å². The Bertz CT molecular complexity index is 400. The van der Waals surface area contributed by atoms with Gasteiger partial charge in [-0.05, 0) is 20.8 Å². The minimum atomic E-state index is -1.26. The van der Waals surface area contributed by atoms with E-state index in [2.05, 4.69) is 15.3 Å². The first-order chi connectivity index (χ1) is 8.94. The molecule has 0 fully saturated rings. The van der Waals surface area contributed by atoms with Gasteiger partial charge in [-0.3, -0.25) is 0 Å². The fourth-order valence-electron chi connectivity index (χ4n) is 1.40. The van der Waals surface area contributed by atoms with E-state index in [-0.39, 0.29) is 12.1 Å². The lowest BCUT2D eigenvalue weighted by Crippen LogP contribution is -2.49. The molecule has 0 radical (unpaired) electrons. The Hall–Kier alpha value is -1.44. The minimum absolute atomic E-state index is 0.0274. The second-order valence-corrected chi connectivity index (χ2v) is 4.72. The Morgan fingerprint density at radius 3 is 2.26 bits per heavy atom. The van der Waals surface area contributed by atoms with E-state index in [1.54, 1.807) is 13.0 Å². The molecule has 0 aliphatic heterocycles. The van der Waals surface area contributed by atoms with Crippen molar-refractivity contribution in [3.05, 3.63) is 11.8 Å². The maximum Gasteiger partial charge on any atom is 0.226 e. The molecule has 0 saturated carbocycles. The van der Waals surface area contributed by atoms with Crippen LogP contribution in [0.25, 0.3) is 0 Å². The third kappa shape index (κ3) is 4.30. The third-order valence-electron chi connectivity index (χ3n) is 2.47. The van der Waals surface area contributed by atoms with Crippen LogP contribution in [-0.4, -0.2) is 56.8 Å². The first-order valence-corrected chi connectivity index (χ1v) is 6.08. The molecule has 0 atom stereocenters. The smallest absolute Gasteiger partial charge is 0.226 e. The molecule has 0 amide bonds. The van der Waals surface area contributed by atoms with Crippen molar-refractivity contribution in [2.24, 2.45) is 0 Å². The number of aliphatic hydroxyl groups is 3. The van der Waals surface area contributed by atoms with Crippen molar-refractivity contribution in [2.45, 2.75) is 32.4 Å². The summed E-state index contributed by atoms with van der Waals surface area (Å²) < 4.78 is 5.47. The molecule has 1 aromatic rings. The quantitative estimate of drug-likeness (QED) is 0.539. The molecular weight excluding hydrogens is 250 g/mol. The van der Waals surface area contributed by atoms with Crippen LogP contribution in [0.15, 0.2) is 6.07 Å². The molecule has 7 heteroatoms. The van der Waals surface area contributed by atoms with Crippen LogP contribution in [0.2, 0.25) is 0 Å². The van der Waals surface area contributed by atoms with Crippen LogP contribution < -0.4 is 10.1 Å². The van der Waals surface area contributed by atoms with E-state index in [4.69, 9.17) is 4.74 Å². The van der Waals surface area contributed by atoms with Crippen LogP contribution in [0.3, 0.4) is 0 Å². The zero-order valence-electron chi connectivity index (χ0n) is 11.4. The molecule has 108 valence electrons. The summed E-state index contributed by atoms with van der Waals surface area (Å²) in [6.07, 6.45) is -0.0274. The summed E-state index contributed by atoms with van der Waals surface area (Å²) in [7, 11) is 0. The number of nitrogens with zero attached hydrogens (tertiary/aromatic N) is 2. The van der Waals surface area contributed by atoms with Gasteiger partial charge in [0.15, 0.2) is 0 Å².